The molecular weight excluding hydrogens is 240 g/mol. The van der Waals surface area contributed by atoms with Crippen LogP contribution in [0.25, 0.3) is 0 Å². The van der Waals surface area contributed by atoms with Gasteiger partial charge in [0.25, 0.3) is 0 Å². The maximum atomic E-state index is 11.9. The van der Waals surface area contributed by atoms with Crippen molar-refractivity contribution >= 4 is 28.3 Å². The van der Waals surface area contributed by atoms with Crippen molar-refractivity contribution in [3.63, 3.8) is 0 Å². The highest BCUT2D eigenvalue weighted by Gasteiger charge is 2.19. The summed E-state index contributed by atoms with van der Waals surface area (Å²) in [6.45, 7) is 1.55. The fourth-order valence-electron chi connectivity index (χ4n) is 1.69. The molecule has 0 aromatic carbocycles. The van der Waals surface area contributed by atoms with Crippen LogP contribution in [0.15, 0.2) is 5.38 Å². The summed E-state index contributed by atoms with van der Waals surface area (Å²) in [5, 5.41) is 4.99. The van der Waals surface area contributed by atoms with Crippen LogP contribution < -0.4 is 11.1 Å². The van der Waals surface area contributed by atoms with Gasteiger partial charge in [-0.15, -0.1) is 11.3 Å². The molecule has 7 heteroatoms. The van der Waals surface area contributed by atoms with Crippen molar-refractivity contribution in [2.75, 3.05) is 25.4 Å². The van der Waals surface area contributed by atoms with E-state index in [0.717, 1.165) is 0 Å². The number of nitrogen functional groups attached to an aromatic ring is 1. The first-order valence-corrected chi connectivity index (χ1v) is 6.27. The summed E-state index contributed by atoms with van der Waals surface area (Å²) in [6, 6.07) is 0. The summed E-state index contributed by atoms with van der Waals surface area (Å²) in [5.41, 5.74) is 6.20. The number of nitrogens with one attached hydrogen (secondary N) is 1. The van der Waals surface area contributed by atoms with Gasteiger partial charge in [0, 0.05) is 31.4 Å². The van der Waals surface area contributed by atoms with Crippen LogP contribution >= 0.6 is 11.3 Å². The zero-order valence-electron chi connectivity index (χ0n) is 9.31. The Bertz CT molecular complexity index is 432. The molecule has 2 rings (SSSR count). The summed E-state index contributed by atoms with van der Waals surface area (Å²) in [7, 11) is 0. The highest BCUT2D eigenvalue weighted by Crippen LogP contribution is 2.12. The van der Waals surface area contributed by atoms with E-state index in [0.29, 0.717) is 36.9 Å². The maximum absolute atomic E-state index is 11.9. The number of hydrogen-bond acceptors (Lipinski definition) is 5. The Kier molecular flexibility index (Phi) is 3.58. The third-order valence-electron chi connectivity index (χ3n) is 2.57. The van der Waals surface area contributed by atoms with Crippen LogP contribution in [-0.4, -0.2) is 41.3 Å². The van der Waals surface area contributed by atoms with Crippen molar-refractivity contribution < 1.29 is 9.59 Å². The molecular formula is C10H14N4O2S. The zero-order chi connectivity index (χ0) is 12.3. The highest BCUT2D eigenvalue weighted by molar-refractivity contribution is 7.13. The summed E-state index contributed by atoms with van der Waals surface area (Å²) in [4.78, 5) is 28.8. The third-order valence-corrected chi connectivity index (χ3v) is 3.29. The van der Waals surface area contributed by atoms with Gasteiger partial charge >= 0.3 is 0 Å². The molecule has 0 spiro atoms. The molecule has 0 atom stereocenters. The average molecular weight is 254 g/mol. The molecule has 2 amide bonds. The van der Waals surface area contributed by atoms with Crippen LogP contribution in [0.5, 0.6) is 0 Å². The average Bonchev–Trinajstić information content (AvgIpc) is 2.56. The lowest BCUT2D eigenvalue weighted by Crippen LogP contribution is -2.35. The van der Waals surface area contributed by atoms with Crippen LogP contribution in [0, 0.1) is 0 Å². The Labute approximate surface area is 103 Å². The topological polar surface area (TPSA) is 88.3 Å². The number of carbonyl (C=O) groups is 2. The van der Waals surface area contributed by atoms with Crippen LogP contribution in [0.2, 0.25) is 0 Å². The second-order valence-electron chi connectivity index (χ2n) is 3.83. The van der Waals surface area contributed by atoms with E-state index < -0.39 is 0 Å². The molecule has 0 radical (unpaired) electrons. The van der Waals surface area contributed by atoms with E-state index in [1.807, 2.05) is 0 Å². The highest BCUT2D eigenvalue weighted by atomic mass is 32.1. The minimum atomic E-state index is -0.00759. The number of aromatic nitrogens is 1. The molecule has 1 aliphatic rings. The minimum Gasteiger partial charge on any atom is -0.375 e. The maximum Gasteiger partial charge on any atom is 0.228 e. The normalized spacial score (nSPS) is 16.5. The SMILES string of the molecule is Nc1nc(CC(=O)N2CCNC(=O)CC2)cs1. The standard InChI is InChI=1S/C10H14N4O2S/c11-10-13-7(6-17-10)5-9(16)14-3-1-8(15)12-2-4-14/h6H,1-5H2,(H2,11,13)(H,12,15). The largest absolute Gasteiger partial charge is 0.375 e. The second-order valence-corrected chi connectivity index (χ2v) is 4.72. The first-order chi connectivity index (χ1) is 8.15. The van der Waals surface area contributed by atoms with Gasteiger partial charge in [0.2, 0.25) is 11.8 Å². The van der Waals surface area contributed by atoms with Crippen molar-refractivity contribution in [2.45, 2.75) is 12.8 Å². The van der Waals surface area contributed by atoms with Crippen molar-refractivity contribution in [1.29, 1.82) is 0 Å². The van der Waals surface area contributed by atoms with E-state index >= 15 is 0 Å². The van der Waals surface area contributed by atoms with E-state index in [1.165, 1.54) is 11.3 Å². The number of rotatable bonds is 2. The zero-order valence-corrected chi connectivity index (χ0v) is 10.1. The lowest BCUT2D eigenvalue weighted by atomic mass is 10.3. The molecule has 1 aromatic rings. The Morgan fingerprint density at radius 1 is 1.59 bits per heavy atom. The number of anilines is 1. The summed E-state index contributed by atoms with van der Waals surface area (Å²) in [5.74, 6) is -0.00926. The third kappa shape index (κ3) is 3.16. The van der Waals surface area contributed by atoms with Gasteiger partial charge in [0.1, 0.15) is 0 Å². The number of hydrogen-bond donors (Lipinski definition) is 2. The molecule has 1 aliphatic heterocycles. The van der Waals surface area contributed by atoms with Gasteiger partial charge in [-0.1, -0.05) is 0 Å². The van der Waals surface area contributed by atoms with Crippen LogP contribution in [-0.2, 0) is 16.0 Å². The monoisotopic (exact) mass is 254 g/mol. The molecule has 1 aromatic heterocycles. The van der Waals surface area contributed by atoms with Gasteiger partial charge in [-0.25, -0.2) is 4.98 Å². The van der Waals surface area contributed by atoms with E-state index in [2.05, 4.69) is 10.3 Å². The molecule has 6 nitrogen and oxygen atoms in total. The lowest BCUT2D eigenvalue weighted by molar-refractivity contribution is -0.130. The van der Waals surface area contributed by atoms with E-state index in [9.17, 15) is 9.59 Å². The number of carbonyl (C=O) groups excluding carboxylic acids is 2. The Morgan fingerprint density at radius 2 is 2.41 bits per heavy atom. The molecule has 2 heterocycles. The quantitative estimate of drug-likeness (QED) is 0.752. The first kappa shape index (κ1) is 11.8. The van der Waals surface area contributed by atoms with Crippen molar-refractivity contribution in [3.8, 4) is 0 Å². The van der Waals surface area contributed by atoms with E-state index in [-0.39, 0.29) is 18.2 Å². The Balaban J connectivity index is 1.93. The van der Waals surface area contributed by atoms with E-state index in [1.54, 1.807) is 10.3 Å². The van der Waals surface area contributed by atoms with Crippen LogP contribution in [0.4, 0.5) is 5.13 Å². The molecule has 92 valence electrons. The van der Waals surface area contributed by atoms with Crippen molar-refractivity contribution in [2.24, 2.45) is 0 Å². The number of nitrogens with two attached hydrogens (primary N) is 1. The fraction of sp³-hybridized carbons (Fsp3) is 0.500. The summed E-state index contributed by atoms with van der Waals surface area (Å²) >= 11 is 1.33. The first-order valence-electron chi connectivity index (χ1n) is 5.39. The van der Waals surface area contributed by atoms with E-state index in [4.69, 9.17) is 5.73 Å². The molecule has 0 bridgehead atoms. The molecule has 0 saturated carbocycles. The van der Waals surface area contributed by atoms with Crippen LogP contribution in [0.3, 0.4) is 0 Å². The van der Waals surface area contributed by atoms with Gasteiger partial charge in [0.15, 0.2) is 5.13 Å². The minimum absolute atomic E-state index is 0.00166. The Hall–Kier alpha value is -1.63. The number of thiazole rings is 1. The predicted molar refractivity (Wildman–Crippen MR) is 64.4 cm³/mol. The van der Waals surface area contributed by atoms with Crippen molar-refractivity contribution in [1.82, 2.24) is 15.2 Å². The smallest absolute Gasteiger partial charge is 0.228 e. The molecule has 3 N–H and O–H groups in total. The molecule has 17 heavy (non-hydrogen) atoms. The van der Waals surface area contributed by atoms with Gasteiger partial charge in [0.05, 0.1) is 12.1 Å². The molecule has 1 saturated heterocycles. The van der Waals surface area contributed by atoms with Gasteiger partial charge in [-0.05, 0) is 0 Å². The Morgan fingerprint density at radius 3 is 3.12 bits per heavy atom. The predicted octanol–water partition coefficient (Wildman–Crippen LogP) is -0.384. The molecule has 0 aliphatic carbocycles. The lowest BCUT2D eigenvalue weighted by Gasteiger charge is -2.18. The molecule has 1 fully saturated rings. The van der Waals surface area contributed by atoms with Crippen molar-refractivity contribution in [3.05, 3.63) is 11.1 Å². The summed E-state index contributed by atoms with van der Waals surface area (Å²) in [6.07, 6.45) is 0.618. The van der Waals surface area contributed by atoms with Gasteiger partial charge in [-0.2, -0.15) is 0 Å². The number of nitrogens with zero attached hydrogens (tertiary/aromatic N) is 2. The molecule has 0 unspecified atom stereocenters. The van der Waals surface area contributed by atoms with Gasteiger partial charge in [-0.3, -0.25) is 9.59 Å². The van der Waals surface area contributed by atoms with Crippen LogP contribution in [0.1, 0.15) is 12.1 Å². The van der Waals surface area contributed by atoms with Gasteiger partial charge < -0.3 is 16.0 Å². The number of amides is 2. The fourth-order valence-corrected chi connectivity index (χ4v) is 2.25. The second kappa shape index (κ2) is 5.13. The summed E-state index contributed by atoms with van der Waals surface area (Å²) < 4.78 is 0.